The number of H-pyrrole nitrogens is 1. The standard InChI is InChI=1S/C19H25N3O3/c1-21-18(23)13-17(20-19(21)24)22-11-9-15(10-12-22)4-3-14-5-7-16(25-2)8-6-14/h5-8,13,15H,3-4,9-12H2,1-2H3,(H,20,24). The Kier molecular flexibility index (Phi) is 5.26. The van der Waals surface area contributed by atoms with Gasteiger partial charge in [-0.3, -0.25) is 14.3 Å². The number of methoxy groups -OCH3 is 1. The quantitative estimate of drug-likeness (QED) is 0.901. The molecule has 25 heavy (non-hydrogen) atoms. The van der Waals surface area contributed by atoms with Gasteiger partial charge in [0.25, 0.3) is 5.56 Å². The highest BCUT2D eigenvalue weighted by atomic mass is 16.5. The molecule has 1 aliphatic heterocycles. The Morgan fingerprint density at radius 1 is 1.16 bits per heavy atom. The van der Waals surface area contributed by atoms with Crippen LogP contribution in [0.3, 0.4) is 0 Å². The zero-order chi connectivity index (χ0) is 17.8. The summed E-state index contributed by atoms with van der Waals surface area (Å²) in [5, 5.41) is 0. The number of rotatable bonds is 5. The fourth-order valence-corrected chi connectivity index (χ4v) is 3.34. The third-order valence-corrected chi connectivity index (χ3v) is 5.09. The van der Waals surface area contributed by atoms with Crippen LogP contribution in [-0.2, 0) is 13.5 Å². The molecular weight excluding hydrogens is 318 g/mol. The molecule has 2 aromatic rings. The Morgan fingerprint density at radius 3 is 2.44 bits per heavy atom. The van der Waals surface area contributed by atoms with Crippen molar-refractivity contribution in [3.63, 3.8) is 0 Å². The first kappa shape index (κ1) is 17.3. The zero-order valence-corrected chi connectivity index (χ0v) is 14.8. The Morgan fingerprint density at radius 2 is 1.84 bits per heavy atom. The molecule has 0 saturated carbocycles. The van der Waals surface area contributed by atoms with Crippen LogP contribution >= 0.6 is 0 Å². The topological polar surface area (TPSA) is 67.3 Å². The number of anilines is 1. The number of piperidine rings is 1. The van der Waals surface area contributed by atoms with Gasteiger partial charge in [-0.15, -0.1) is 0 Å². The van der Waals surface area contributed by atoms with E-state index in [9.17, 15) is 9.59 Å². The normalized spacial score (nSPS) is 15.4. The van der Waals surface area contributed by atoms with Crippen molar-refractivity contribution in [3.8, 4) is 5.75 Å². The highest BCUT2D eigenvalue weighted by Gasteiger charge is 2.20. The van der Waals surface area contributed by atoms with Crippen molar-refractivity contribution in [3.05, 3.63) is 56.7 Å². The average Bonchev–Trinajstić information content (AvgIpc) is 2.65. The third-order valence-electron chi connectivity index (χ3n) is 5.09. The van der Waals surface area contributed by atoms with Gasteiger partial charge in [0.1, 0.15) is 11.6 Å². The summed E-state index contributed by atoms with van der Waals surface area (Å²) >= 11 is 0. The zero-order valence-electron chi connectivity index (χ0n) is 14.8. The van der Waals surface area contributed by atoms with Crippen LogP contribution in [0.15, 0.2) is 39.9 Å². The highest BCUT2D eigenvalue weighted by Crippen LogP contribution is 2.25. The van der Waals surface area contributed by atoms with Crippen molar-refractivity contribution < 1.29 is 4.74 Å². The molecule has 0 atom stereocenters. The van der Waals surface area contributed by atoms with E-state index < -0.39 is 0 Å². The smallest absolute Gasteiger partial charge is 0.329 e. The van der Waals surface area contributed by atoms with E-state index in [1.54, 1.807) is 7.11 Å². The number of nitrogens with zero attached hydrogens (tertiary/aromatic N) is 2. The maximum atomic E-state index is 11.8. The first-order chi connectivity index (χ1) is 12.1. The molecule has 1 saturated heterocycles. The molecule has 6 nitrogen and oxygen atoms in total. The summed E-state index contributed by atoms with van der Waals surface area (Å²) in [6.45, 7) is 1.74. The van der Waals surface area contributed by atoms with Crippen LogP contribution in [0.2, 0.25) is 0 Å². The Bertz CT molecular complexity index is 784. The molecule has 134 valence electrons. The second kappa shape index (κ2) is 7.59. The van der Waals surface area contributed by atoms with E-state index >= 15 is 0 Å². The molecule has 1 aromatic carbocycles. The van der Waals surface area contributed by atoms with Gasteiger partial charge in [-0.1, -0.05) is 12.1 Å². The number of aromatic amines is 1. The lowest BCUT2D eigenvalue weighted by Gasteiger charge is -2.33. The lowest BCUT2D eigenvalue weighted by molar-refractivity contribution is 0.380. The molecule has 1 N–H and O–H groups in total. The van der Waals surface area contributed by atoms with Crippen molar-refractivity contribution in [1.29, 1.82) is 0 Å². The number of ether oxygens (including phenoxy) is 1. The van der Waals surface area contributed by atoms with Crippen LogP contribution in [0.25, 0.3) is 0 Å². The molecule has 0 bridgehead atoms. The van der Waals surface area contributed by atoms with Crippen LogP contribution < -0.4 is 20.9 Å². The van der Waals surface area contributed by atoms with Crippen molar-refractivity contribution >= 4 is 5.82 Å². The third kappa shape index (κ3) is 4.13. The monoisotopic (exact) mass is 343 g/mol. The van der Waals surface area contributed by atoms with E-state index in [1.165, 1.54) is 18.7 Å². The van der Waals surface area contributed by atoms with Crippen molar-refractivity contribution in [2.75, 3.05) is 25.1 Å². The van der Waals surface area contributed by atoms with Gasteiger partial charge in [0.2, 0.25) is 0 Å². The van der Waals surface area contributed by atoms with E-state index in [0.717, 1.165) is 49.1 Å². The van der Waals surface area contributed by atoms with Gasteiger partial charge in [-0.2, -0.15) is 0 Å². The fourth-order valence-electron chi connectivity index (χ4n) is 3.34. The van der Waals surface area contributed by atoms with Crippen molar-refractivity contribution in [2.24, 2.45) is 13.0 Å². The van der Waals surface area contributed by atoms with Crippen LogP contribution in [0, 0.1) is 5.92 Å². The van der Waals surface area contributed by atoms with Gasteiger partial charge < -0.3 is 9.64 Å². The van der Waals surface area contributed by atoms with E-state index in [-0.39, 0.29) is 11.2 Å². The predicted molar refractivity (Wildman–Crippen MR) is 98.6 cm³/mol. The second-order valence-corrected chi connectivity index (χ2v) is 6.67. The maximum Gasteiger partial charge on any atom is 0.329 e. The average molecular weight is 343 g/mol. The Balaban J connectivity index is 1.53. The molecule has 0 amide bonds. The van der Waals surface area contributed by atoms with Crippen LogP contribution in [0.4, 0.5) is 5.82 Å². The van der Waals surface area contributed by atoms with Crippen molar-refractivity contribution in [2.45, 2.75) is 25.7 Å². The lowest BCUT2D eigenvalue weighted by Crippen LogP contribution is -2.39. The Hall–Kier alpha value is -2.50. The summed E-state index contributed by atoms with van der Waals surface area (Å²) < 4.78 is 6.28. The number of nitrogens with one attached hydrogen (secondary N) is 1. The van der Waals surface area contributed by atoms with Gasteiger partial charge >= 0.3 is 5.69 Å². The minimum Gasteiger partial charge on any atom is -0.497 e. The highest BCUT2D eigenvalue weighted by molar-refractivity contribution is 5.37. The summed E-state index contributed by atoms with van der Waals surface area (Å²) in [4.78, 5) is 28.4. The second-order valence-electron chi connectivity index (χ2n) is 6.67. The molecule has 6 heteroatoms. The molecule has 3 rings (SSSR count). The molecule has 0 spiro atoms. The summed E-state index contributed by atoms with van der Waals surface area (Å²) in [6.07, 6.45) is 4.38. The Labute approximate surface area is 147 Å². The van der Waals surface area contributed by atoms with E-state index in [1.807, 2.05) is 12.1 Å². The lowest BCUT2D eigenvalue weighted by atomic mass is 9.90. The first-order valence-corrected chi connectivity index (χ1v) is 8.75. The summed E-state index contributed by atoms with van der Waals surface area (Å²) in [5.41, 5.74) is 0.712. The first-order valence-electron chi connectivity index (χ1n) is 8.75. The molecule has 0 radical (unpaired) electrons. The number of aryl methyl sites for hydroxylation is 1. The summed E-state index contributed by atoms with van der Waals surface area (Å²) in [5.74, 6) is 2.21. The van der Waals surface area contributed by atoms with Gasteiger partial charge in [0.05, 0.1) is 7.11 Å². The van der Waals surface area contributed by atoms with E-state index in [4.69, 9.17) is 4.74 Å². The minimum absolute atomic E-state index is 0.264. The van der Waals surface area contributed by atoms with E-state index in [0.29, 0.717) is 11.7 Å². The minimum atomic E-state index is -0.357. The van der Waals surface area contributed by atoms with Crippen LogP contribution in [0.5, 0.6) is 5.75 Å². The molecule has 1 fully saturated rings. The molecule has 0 unspecified atom stereocenters. The molecule has 1 aromatic heterocycles. The molecule has 1 aliphatic rings. The maximum absolute atomic E-state index is 11.8. The molecule has 0 aliphatic carbocycles. The van der Waals surface area contributed by atoms with E-state index in [2.05, 4.69) is 22.0 Å². The van der Waals surface area contributed by atoms with Gasteiger partial charge in [0.15, 0.2) is 0 Å². The SMILES string of the molecule is COc1ccc(CCC2CCN(c3cc(=O)n(C)c(=O)[nH]3)CC2)cc1. The van der Waals surface area contributed by atoms with Gasteiger partial charge in [0, 0.05) is 26.2 Å². The number of hydrogen-bond acceptors (Lipinski definition) is 4. The van der Waals surface area contributed by atoms with Gasteiger partial charge in [-0.25, -0.2) is 4.79 Å². The fraction of sp³-hybridized carbons (Fsp3) is 0.474. The number of benzene rings is 1. The van der Waals surface area contributed by atoms with Crippen LogP contribution in [-0.4, -0.2) is 29.8 Å². The summed E-state index contributed by atoms with van der Waals surface area (Å²) in [7, 11) is 3.16. The molecule has 2 heterocycles. The predicted octanol–water partition coefficient (Wildman–Crippen LogP) is 1.93. The van der Waals surface area contributed by atoms with Gasteiger partial charge in [-0.05, 0) is 49.3 Å². The van der Waals surface area contributed by atoms with Crippen LogP contribution in [0.1, 0.15) is 24.8 Å². The molecular formula is C19H25N3O3. The summed E-state index contributed by atoms with van der Waals surface area (Å²) in [6, 6.07) is 9.77. The van der Waals surface area contributed by atoms with Crippen molar-refractivity contribution in [1.82, 2.24) is 9.55 Å². The number of aromatic nitrogens is 2. The largest absolute Gasteiger partial charge is 0.497 e. The number of hydrogen-bond donors (Lipinski definition) is 1.